The molecule has 0 aliphatic carbocycles. The number of likely N-dealkylation sites (N-methyl/N-ethyl adjacent to an activating group) is 1. The molecule has 0 saturated carbocycles. The van der Waals surface area contributed by atoms with Gasteiger partial charge in [-0.1, -0.05) is 39.8 Å². The zero-order valence-corrected chi connectivity index (χ0v) is 15.8. The summed E-state index contributed by atoms with van der Waals surface area (Å²) in [4.78, 5) is 14.6. The first-order valence-corrected chi connectivity index (χ1v) is 8.86. The molecule has 1 aromatic carbocycles. The van der Waals surface area contributed by atoms with Gasteiger partial charge in [0, 0.05) is 25.4 Å². The number of rotatable bonds is 10. The van der Waals surface area contributed by atoms with Crippen molar-refractivity contribution >= 4 is 11.7 Å². The first-order valence-electron chi connectivity index (χ1n) is 8.86. The second-order valence-electron chi connectivity index (χ2n) is 6.47. The maximum atomic E-state index is 12.2. The topological polar surface area (TPSA) is 53.6 Å². The van der Waals surface area contributed by atoms with E-state index in [1.807, 2.05) is 24.3 Å². The molecule has 5 nitrogen and oxygen atoms in total. The average molecular weight is 335 g/mol. The van der Waals surface area contributed by atoms with Crippen molar-refractivity contribution in [1.82, 2.24) is 10.2 Å². The summed E-state index contributed by atoms with van der Waals surface area (Å²) in [6, 6.07) is 7.91. The van der Waals surface area contributed by atoms with Crippen molar-refractivity contribution in [2.24, 2.45) is 5.92 Å². The molecule has 0 fully saturated rings. The van der Waals surface area contributed by atoms with Crippen molar-refractivity contribution < 1.29 is 9.53 Å². The first-order chi connectivity index (χ1) is 11.5. The summed E-state index contributed by atoms with van der Waals surface area (Å²) in [5.74, 6) is 0.603. The van der Waals surface area contributed by atoms with Crippen LogP contribution in [-0.4, -0.2) is 43.7 Å². The largest absolute Gasteiger partial charge is 0.380 e. The summed E-state index contributed by atoms with van der Waals surface area (Å²) in [6.45, 7) is 12.0. The summed E-state index contributed by atoms with van der Waals surface area (Å²) < 4.78 is 5.12. The lowest BCUT2D eigenvalue weighted by Gasteiger charge is -2.31. The van der Waals surface area contributed by atoms with Gasteiger partial charge in [-0.2, -0.15) is 0 Å². The van der Waals surface area contributed by atoms with Gasteiger partial charge in [0.25, 0.3) is 0 Å². The minimum Gasteiger partial charge on any atom is -0.380 e. The molecule has 0 saturated heterocycles. The van der Waals surface area contributed by atoms with E-state index in [1.54, 1.807) is 7.11 Å². The Bertz CT molecular complexity index is 487. The average Bonchev–Trinajstić information content (AvgIpc) is 2.54. The predicted octanol–water partition coefficient (Wildman–Crippen LogP) is 3.71. The molecule has 136 valence electrons. The van der Waals surface area contributed by atoms with Gasteiger partial charge >= 0.3 is 6.03 Å². The van der Waals surface area contributed by atoms with Crippen molar-refractivity contribution in [3.63, 3.8) is 0 Å². The lowest BCUT2D eigenvalue weighted by Crippen LogP contribution is -2.45. The number of urea groups is 1. The monoisotopic (exact) mass is 335 g/mol. The Labute approximate surface area is 146 Å². The zero-order chi connectivity index (χ0) is 17.9. The van der Waals surface area contributed by atoms with Crippen LogP contribution < -0.4 is 10.6 Å². The molecule has 0 bridgehead atoms. The molecule has 0 heterocycles. The molecule has 0 radical (unpaired) electrons. The Balaban J connectivity index is 2.57. The molecule has 2 N–H and O–H groups in total. The standard InChI is InChI=1S/C19H33N3O2/c1-6-22(7-2)18(11-15(3)4)13-20-19(23)21-17-10-8-9-16(12-17)14-24-5/h8-10,12,15,18H,6-7,11,13-14H2,1-5H3,(H2,20,21,23). The lowest BCUT2D eigenvalue weighted by atomic mass is 10.0. The van der Waals surface area contributed by atoms with Crippen LogP contribution in [-0.2, 0) is 11.3 Å². The summed E-state index contributed by atoms with van der Waals surface area (Å²) in [5, 5.41) is 5.91. The second kappa shape index (κ2) is 11.0. The van der Waals surface area contributed by atoms with Gasteiger partial charge in [0.15, 0.2) is 0 Å². The zero-order valence-electron chi connectivity index (χ0n) is 15.8. The molecule has 1 unspecified atom stereocenters. The van der Waals surface area contributed by atoms with Gasteiger partial charge in [0.2, 0.25) is 0 Å². The van der Waals surface area contributed by atoms with Gasteiger partial charge in [-0.15, -0.1) is 0 Å². The van der Waals surface area contributed by atoms with Gasteiger partial charge in [-0.25, -0.2) is 4.79 Å². The Morgan fingerprint density at radius 1 is 1.25 bits per heavy atom. The van der Waals surface area contributed by atoms with E-state index >= 15 is 0 Å². The van der Waals surface area contributed by atoms with Crippen LogP contribution in [0.1, 0.15) is 39.7 Å². The van der Waals surface area contributed by atoms with E-state index in [-0.39, 0.29) is 6.03 Å². The molecule has 24 heavy (non-hydrogen) atoms. The van der Waals surface area contributed by atoms with Gasteiger partial charge in [0.1, 0.15) is 0 Å². The third-order valence-electron chi connectivity index (χ3n) is 4.07. The highest BCUT2D eigenvalue weighted by Gasteiger charge is 2.18. The SMILES string of the molecule is CCN(CC)C(CNC(=O)Nc1cccc(COC)c1)CC(C)C. The molecular formula is C19H33N3O2. The number of benzene rings is 1. The van der Waals surface area contributed by atoms with Crippen LogP contribution in [0.5, 0.6) is 0 Å². The number of methoxy groups -OCH3 is 1. The maximum Gasteiger partial charge on any atom is 0.319 e. The fraction of sp³-hybridized carbons (Fsp3) is 0.632. The van der Waals surface area contributed by atoms with E-state index < -0.39 is 0 Å². The van der Waals surface area contributed by atoms with Crippen LogP contribution in [0, 0.1) is 5.92 Å². The Hall–Kier alpha value is -1.59. The Morgan fingerprint density at radius 2 is 1.96 bits per heavy atom. The number of carbonyl (C=O) groups is 1. The van der Waals surface area contributed by atoms with Crippen molar-refractivity contribution in [3.05, 3.63) is 29.8 Å². The second-order valence-corrected chi connectivity index (χ2v) is 6.47. The summed E-state index contributed by atoms with van der Waals surface area (Å²) in [6.07, 6.45) is 1.07. The summed E-state index contributed by atoms with van der Waals surface area (Å²) >= 11 is 0. The highest BCUT2D eigenvalue weighted by molar-refractivity contribution is 5.89. The van der Waals surface area contributed by atoms with Crippen molar-refractivity contribution in [1.29, 1.82) is 0 Å². The smallest absolute Gasteiger partial charge is 0.319 e. The minimum atomic E-state index is -0.162. The fourth-order valence-corrected chi connectivity index (χ4v) is 2.94. The lowest BCUT2D eigenvalue weighted by molar-refractivity contribution is 0.185. The van der Waals surface area contributed by atoms with E-state index in [4.69, 9.17) is 4.74 Å². The third-order valence-corrected chi connectivity index (χ3v) is 4.07. The maximum absolute atomic E-state index is 12.2. The van der Waals surface area contributed by atoms with Crippen molar-refractivity contribution in [2.45, 2.75) is 46.8 Å². The van der Waals surface area contributed by atoms with Crippen LogP contribution in [0.15, 0.2) is 24.3 Å². The number of hydrogen-bond acceptors (Lipinski definition) is 3. The van der Waals surface area contributed by atoms with Gasteiger partial charge < -0.3 is 15.4 Å². The predicted molar refractivity (Wildman–Crippen MR) is 100 cm³/mol. The number of amides is 2. The normalized spacial score (nSPS) is 12.5. The first kappa shape index (κ1) is 20.5. The van der Waals surface area contributed by atoms with Crippen LogP contribution in [0.25, 0.3) is 0 Å². The quantitative estimate of drug-likeness (QED) is 0.685. The van der Waals surface area contributed by atoms with E-state index in [0.29, 0.717) is 25.1 Å². The van der Waals surface area contributed by atoms with Crippen molar-refractivity contribution in [2.75, 3.05) is 32.1 Å². The molecule has 1 aromatic rings. The molecule has 0 spiro atoms. The molecule has 0 aliphatic rings. The number of anilines is 1. The Kier molecular flexibility index (Phi) is 9.42. The van der Waals surface area contributed by atoms with E-state index in [2.05, 4.69) is 43.2 Å². The fourth-order valence-electron chi connectivity index (χ4n) is 2.94. The van der Waals surface area contributed by atoms with Crippen LogP contribution >= 0.6 is 0 Å². The van der Waals surface area contributed by atoms with E-state index in [1.165, 1.54) is 0 Å². The third kappa shape index (κ3) is 7.32. The molecule has 0 aromatic heterocycles. The summed E-state index contributed by atoms with van der Waals surface area (Å²) in [5.41, 5.74) is 1.82. The minimum absolute atomic E-state index is 0.162. The van der Waals surface area contributed by atoms with E-state index in [0.717, 1.165) is 30.8 Å². The van der Waals surface area contributed by atoms with E-state index in [9.17, 15) is 4.79 Å². The van der Waals surface area contributed by atoms with Crippen molar-refractivity contribution in [3.8, 4) is 0 Å². The molecule has 2 amide bonds. The number of ether oxygens (including phenoxy) is 1. The molecule has 1 atom stereocenters. The van der Waals surface area contributed by atoms with Gasteiger partial charge in [0.05, 0.1) is 6.61 Å². The molecular weight excluding hydrogens is 302 g/mol. The van der Waals surface area contributed by atoms with Gasteiger partial charge in [-0.05, 0) is 43.1 Å². The van der Waals surface area contributed by atoms with Crippen LogP contribution in [0.4, 0.5) is 10.5 Å². The number of nitrogens with one attached hydrogen (secondary N) is 2. The molecule has 0 aliphatic heterocycles. The number of hydrogen-bond donors (Lipinski definition) is 2. The highest BCUT2D eigenvalue weighted by Crippen LogP contribution is 2.13. The Morgan fingerprint density at radius 3 is 2.54 bits per heavy atom. The van der Waals surface area contributed by atoms with Crippen LogP contribution in [0.3, 0.4) is 0 Å². The summed E-state index contributed by atoms with van der Waals surface area (Å²) in [7, 11) is 1.66. The molecule has 1 rings (SSSR count). The highest BCUT2D eigenvalue weighted by atomic mass is 16.5. The van der Waals surface area contributed by atoms with Gasteiger partial charge in [-0.3, -0.25) is 4.90 Å². The number of nitrogens with zero attached hydrogens (tertiary/aromatic N) is 1. The van der Waals surface area contributed by atoms with Crippen LogP contribution in [0.2, 0.25) is 0 Å². The number of carbonyl (C=O) groups excluding carboxylic acids is 1. The molecule has 5 heteroatoms.